The highest BCUT2D eigenvalue weighted by Gasteiger charge is 2.63. The Balaban J connectivity index is 1.57. The Kier molecular flexibility index (Phi) is 2.71. The minimum absolute atomic E-state index is 0.0908. The average Bonchev–Trinajstić information content (AvgIpc) is 3.09. The number of benzene rings is 1. The lowest BCUT2D eigenvalue weighted by Gasteiger charge is -2.23. The third-order valence-corrected chi connectivity index (χ3v) is 5.13. The number of hydrogen-bond donors (Lipinski definition) is 0. The average molecular weight is 298 g/mol. The highest BCUT2D eigenvalue weighted by Crippen LogP contribution is 2.43. The summed E-state index contributed by atoms with van der Waals surface area (Å²) >= 11 is 0. The van der Waals surface area contributed by atoms with E-state index in [0.29, 0.717) is 6.61 Å². The molecule has 0 aromatic heterocycles. The summed E-state index contributed by atoms with van der Waals surface area (Å²) in [5.74, 6) is 0. The second kappa shape index (κ2) is 4.25. The quantitative estimate of drug-likeness (QED) is 0.600. The molecule has 4 rings (SSSR count). The van der Waals surface area contributed by atoms with Gasteiger partial charge in [0, 0.05) is 0 Å². The second-order valence-corrected chi connectivity index (χ2v) is 6.84. The minimum atomic E-state index is -3.85. The van der Waals surface area contributed by atoms with Crippen molar-refractivity contribution in [2.75, 3.05) is 6.61 Å². The predicted octanol–water partition coefficient (Wildman–Crippen LogP) is 0.591. The van der Waals surface area contributed by atoms with E-state index in [1.165, 1.54) is 12.1 Å². The largest absolute Gasteiger partial charge is 0.364 e. The highest BCUT2D eigenvalue weighted by atomic mass is 32.2. The van der Waals surface area contributed by atoms with Crippen molar-refractivity contribution >= 4 is 10.1 Å². The zero-order valence-electron chi connectivity index (χ0n) is 10.8. The van der Waals surface area contributed by atoms with Gasteiger partial charge < -0.3 is 14.2 Å². The van der Waals surface area contributed by atoms with Gasteiger partial charge in [0.15, 0.2) is 12.4 Å². The van der Waals surface area contributed by atoms with Crippen LogP contribution in [0.1, 0.15) is 5.56 Å². The molecule has 3 aliphatic heterocycles. The molecule has 3 aliphatic rings. The van der Waals surface area contributed by atoms with Crippen LogP contribution < -0.4 is 0 Å². The van der Waals surface area contributed by atoms with E-state index in [1.807, 2.05) is 6.92 Å². The number of fused-ring (bicyclic) bond motifs is 4. The molecule has 0 radical (unpaired) electrons. The Morgan fingerprint density at radius 3 is 2.65 bits per heavy atom. The Morgan fingerprint density at radius 1 is 1.15 bits per heavy atom. The number of hydrogen-bond acceptors (Lipinski definition) is 6. The van der Waals surface area contributed by atoms with Crippen LogP contribution in [0.25, 0.3) is 0 Å². The number of ether oxygens (including phenoxy) is 3. The van der Waals surface area contributed by atoms with Gasteiger partial charge in [0.1, 0.15) is 18.3 Å². The van der Waals surface area contributed by atoms with Gasteiger partial charge >= 0.3 is 0 Å². The molecule has 1 aromatic carbocycles. The predicted molar refractivity (Wildman–Crippen MR) is 66.5 cm³/mol. The van der Waals surface area contributed by atoms with Crippen molar-refractivity contribution in [3.05, 3.63) is 29.8 Å². The summed E-state index contributed by atoms with van der Waals surface area (Å²) in [7, 11) is -3.85. The van der Waals surface area contributed by atoms with Crippen molar-refractivity contribution in [1.82, 2.24) is 0 Å². The van der Waals surface area contributed by atoms with Crippen LogP contribution in [0.4, 0.5) is 0 Å². The van der Waals surface area contributed by atoms with E-state index in [1.54, 1.807) is 12.1 Å². The van der Waals surface area contributed by atoms with E-state index >= 15 is 0 Å². The summed E-state index contributed by atoms with van der Waals surface area (Å²) in [6, 6.07) is 6.51. The smallest absolute Gasteiger partial charge is 0.297 e. The summed E-state index contributed by atoms with van der Waals surface area (Å²) < 4.78 is 46.2. The molecule has 0 amide bonds. The Bertz CT molecular complexity index is 625. The highest BCUT2D eigenvalue weighted by molar-refractivity contribution is 7.86. The van der Waals surface area contributed by atoms with Crippen molar-refractivity contribution in [3.8, 4) is 0 Å². The maximum Gasteiger partial charge on any atom is 0.297 e. The third-order valence-electron chi connectivity index (χ3n) is 3.80. The summed E-state index contributed by atoms with van der Waals surface area (Å²) in [4.78, 5) is 0.125. The van der Waals surface area contributed by atoms with Crippen LogP contribution in [-0.4, -0.2) is 45.7 Å². The van der Waals surface area contributed by atoms with Crippen molar-refractivity contribution in [2.45, 2.75) is 42.5 Å². The molecule has 3 fully saturated rings. The molecule has 1 aromatic rings. The molecule has 0 spiro atoms. The van der Waals surface area contributed by atoms with Gasteiger partial charge in [0.2, 0.25) is 0 Å². The molecule has 0 N–H and O–H groups in total. The van der Waals surface area contributed by atoms with Gasteiger partial charge in [-0.15, -0.1) is 0 Å². The fraction of sp³-hybridized carbons (Fsp3) is 0.538. The van der Waals surface area contributed by atoms with Crippen LogP contribution in [0.5, 0.6) is 0 Å². The Hall–Kier alpha value is -0.990. The lowest BCUT2D eigenvalue weighted by atomic mass is 10.1. The van der Waals surface area contributed by atoms with Crippen molar-refractivity contribution < 1.29 is 26.8 Å². The molecular formula is C13H14O6S. The van der Waals surface area contributed by atoms with Gasteiger partial charge in [-0.3, -0.25) is 4.18 Å². The number of epoxide rings is 1. The van der Waals surface area contributed by atoms with Crippen LogP contribution in [0.15, 0.2) is 29.2 Å². The molecule has 7 heteroatoms. The van der Waals surface area contributed by atoms with E-state index < -0.39 is 22.5 Å². The molecule has 6 nitrogen and oxygen atoms in total. The lowest BCUT2D eigenvalue weighted by molar-refractivity contribution is -0.133. The fourth-order valence-corrected chi connectivity index (χ4v) is 3.72. The van der Waals surface area contributed by atoms with Gasteiger partial charge in [0.05, 0.1) is 11.5 Å². The van der Waals surface area contributed by atoms with E-state index in [-0.39, 0.29) is 23.2 Å². The molecule has 108 valence electrons. The Morgan fingerprint density at radius 2 is 1.90 bits per heavy atom. The van der Waals surface area contributed by atoms with Crippen LogP contribution in [0.2, 0.25) is 0 Å². The van der Waals surface area contributed by atoms with E-state index in [9.17, 15) is 8.42 Å². The van der Waals surface area contributed by atoms with Gasteiger partial charge in [-0.2, -0.15) is 8.42 Å². The topological polar surface area (TPSA) is 74.4 Å². The van der Waals surface area contributed by atoms with Crippen LogP contribution in [0.3, 0.4) is 0 Å². The van der Waals surface area contributed by atoms with Gasteiger partial charge in [-0.1, -0.05) is 17.7 Å². The molecule has 0 saturated carbocycles. The summed E-state index contributed by atoms with van der Waals surface area (Å²) in [5, 5.41) is 0. The van der Waals surface area contributed by atoms with E-state index in [4.69, 9.17) is 18.4 Å². The third kappa shape index (κ3) is 1.97. The molecule has 3 saturated heterocycles. The van der Waals surface area contributed by atoms with Gasteiger partial charge in [-0.25, -0.2) is 0 Å². The first kappa shape index (κ1) is 12.7. The zero-order chi connectivity index (χ0) is 13.9. The van der Waals surface area contributed by atoms with Crippen LogP contribution in [0, 0.1) is 6.92 Å². The lowest BCUT2D eigenvalue weighted by Crippen LogP contribution is -2.42. The first-order valence-electron chi connectivity index (χ1n) is 6.47. The molecule has 3 heterocycles. The number of rotatable bonds is 3. The van der Waals surface area contributed by atoms with Crippen molar-refractivity contribution in [2.24, 2.45) is 0 Å². The molecule has 2 bridgehead atoms. The zero-order valence-corrected chi connectivity index (χ0v) is 11.6. The first-order chi connectivity index (χ1) is 9.54. The summed E-state index contributed by atoms with van der Waals surface area (Å²) in [6.07, 6.45) is -1.84. The Labute approximate surface area is 116 Å². The van der Waals surface area contributed by atoms with Gasteiger partial charge in [0.25, 0.3) is 10.1 Å². The molecule has 20 heavy (non-hydrogen) atoms. The molecular weight excluding hydrogens is 284 g/mol. The van der Waals surface area contributed by atoms with E-state index in [0.717, 1.165) is 5.56 Å². The summed E-state index contributed by atoms with van der Waals surface area (Å²) in [5.41, 5.74) is 0.984. The van der Waals surface area contributed by atoms with Gasteiger partial charge in [-0.05, 0) is 19.1 Å². The maximum atomic E-state index is 12.3. The second-order valence-electron chi connectivity index (χ2n) is 5.27. The van der Waals surface area contributed by atoms with E-state index in [2.05, 4.69) is 0 Å². The van der Waals surface area contributed by atoms with Crippen molar-refractivity contribution in [3.63, 3.8) is 0 Å². The molecule has 0 unspecified atom stereocenters. The summed E-state index contributed by atoms with van der Waals surface area (Å²) in [6.45, 7) is 2.32. The standard InChI is InChI=1S/C13H14O6S/c1-7-2-4-8(5-3-7)20(14,15)19-12-11-10(18-11)9-6-16-13(12)17-9/h2-5,9-13H,6H2,1H3/t9-,10+,11+,12+,13+/m0/s1. The minimum Gasteiger partial charge on any atom is -0.364 e. The molecule has 0 aliphatic carbocycles. The monoisotopic (exact) mass is 298 g/mol. The van der Waals surface area contributed by atoms with Crippen molar-refractivity contribution in [1.29, 1.82) is 0 Å². The van der Waals surface area contributed by atoms with Crippen LogP contribution >= 0.6 is 0 Å². The molecule has 5 atom stereocenters. The SMILES string of the molecule is Cc1ccc(S(=O)(=O)O[C@H]2[C@@H]3OC[C@H](O3)[C@H]3O[C@@H]23)cc1. The fourth-order valence-electron chi connectivity index (χ4n) is 2.65. The number of aryl methyl sites for hydroxylation is 1. The normalized spacial score (nSPS) is 38.5. The maximum absolute atomic E-state index is 12.3. The first-order valence-corrected chi connectivity index (χ1v) is 7.88. The van der Waals surface area contributed by atoms with Crippen LogP contribution in [-0.2, 0) is 28.5 Å².